The van der Waals surface area contributed by atoms with Gasteiger partial charge >= 0.3 is 0 Å². The van der Waals surface area contributed by atoms with E-state index in [4.69, 9.17) is 0 Å². The van der Waals surface area contributed by atoms with Gasteiger partial charge < -0.3 is 0 Å². The first-order chi connectivity index (χ1) is 20.8. The summed E-state index contributed by atoms with van der Waals surface area (Å²) in [6.45, 7) is 0. The molecular formula is C42H26. The van der Waals surface area contributed by atoms with E-state index in [2.05, 4.69) is 158 Å². The zero-order valence-electron chi connectivity index (χ0n) is 23.0. The van der Waals surface area contributed by atoms with E-state index < -0.39 is 0 Å². The van der Waals surface area contributed by atoms with E-state index in [-0.39, 0.29) is 0 Å². The molecule has 8 aromatic carbocycles. The van der Waals surface area contributed by atoms with Crippen molar-refractivity contribution in [2.45, 2.75) is 0 Å². The van der Waals surface area contributed by atoms with Gasteiger partial charge in [0.1, 0.15) is 0 Å². The first-order valence-electron chi connectivity index (χ1n) is 14.6. The summed E-state index contributed by atoms with van der Waals surface area (Å²) < 4.78 is 0. The maximum absolute atomic E-state index is 2.38. The Morgan fingerprint density at radius 1 is 0.238 bits per heavy atom. The van der Waals surface area contributed by atoms with Crippen molar-refractivity contribution in [2.75, 3.05) is 0 Å². The molecule has 194 valence electrons. The van der Waals surface area contributed by atoms with Crippen molar-refractivity contribution in [1.82, 2.24) is 0 Å². The molecule has 0 unspecified atom stereocenters. The SMILES string of the molecule is c1ccc2c(c1)-c1cccc3cc(-c4ccc(-c5ccc(-c6ccc7ccccc7c6)c6ccccc56)cc4)cc-2c13. The Hall–Kier alpha value is -5.46. The second kappa shape index (κ2) is 9.03. The van der Waals surface area contributed by atoms with Gasteiger partial charge in [-0.25, -0.2) is 0 Å². The van der Waals surface area contributed by atoms with Crippen LogP contribution in [-0.2, 0) is 0 Å². The van der Waals surface area contributed by atoms with Crippen molar-refractivity contribution < 1.29 is 0 Å². The fourth-order valence-electron chi connectivity index (χ4n) is 6.99. The van der Waals surface area contributed by atoms with Crippen LogP contribution in [0.4, 0.5) is 0 Å². The molecule has 0 heteroatoms. The number of hydrogen-bond acceptors (Lipinski definition) is 0. The molecule has 0 saturated heterocycles. The number of rotatable bonds is 3. The second-order valence-electron chi connectivity index (χ2n) is 11.3. The summed E-state index contributed by atoms with van der Waals surface area (Å²) in [6, 6.07) is 58.0. The predicted molar refractivity (Wildman–Crippen MR) is 180 cm³/mol. The summed E-state index contributed by atoms with van der Waals surface area (Å²) >= 11 is 0. The predicted octanol–water partition coefficient (Wildman–Crippen LogP) is 11.8. The minimum absolute atomic E-state index is 1.23. The van der Waals surface area contributed by atoms with Crippen molar-refractivity contribution in [3.8, 4) is 55.6 Å². The van der Waals surface area contributed by atoms with Gasteiger partial charge in [-0.15, -0.1) is 0 Å². The molecule has 42 heavy (non-hydrogen) atoms. The van der Waals surface area contributed by atoms with Gasteiger partial charge in [0.25, 0.3) is 0 Å². The van der Waals surface area contributed by atoms with Crippen LogP contribution in [0.5, 0.6) is 0 Å². The third kappa shape index (κ3) is 3.49. The van der Waals surface area contributed by atoms with E-state index in [1.54, 1.807) is 0 Å². The second-order valence-corrected chi connectivity index (χ2v) is 11.3. The van der Waals surface area contributed by atoms with Crippen molar-refractivity contribution in [1.29, 1.82) is 0 Å². The quantitative estimate of drug-likeness (QED) is 0.213. The molecule has 0 atom stereocenters. The fourth-order valence-corrected chi connectivity index (χ4v) is 6.99. The van der Waals surface area contributed by atoms with Crippen molar-refractivity contribution in [3.05, 3.63) is 158 Å². The molecule has 0 radical (unpaired) electrons. The molecule has 0 spiro atoms. The van der Waals surface area contributed by atoms with Crippen molar-refractivity contribution in [3.63, 3.8) is 0 Å². The minimum atomic E-state index is 1.23. The molecule has 0 nitrogen and oxygen atoms in total. The summed E-state index contributed by atoms with van der Waals surface area (Å²) in [4.78, 5) is 0. The number of benzene rings is 8. The number of fused-ring (bicyclic) bond motifs is 5. The molecule has 0 bridgehead atoms. The molecule has 0 heterocycles. The summed E-state index contributed by atoms with van der Waals surface area (Å²) in [5, 5.41) is 7.77. The van der Waals surface area contributed by atoms with Crippen molar-refractivity contribution in [2.24, 2.45) is 0 Å². The highest BCUT2D eigenvalue weighted by Crippen LogP contribution is 2.48. The van der Waals surface area contributed by atoms with Gasteiger partial charge in [0.2, 0.25) is 0 Å². The van der Waals surface area contributed by atoms with Gasteiger partial charge in [-0.2, -0.15) is 0 Å². The molecule has 8 aromatic rings. The first-order valence-corrected chi connectivity index (χ1v) is 14.6. The molecule has 0 fully saturated rings. The van der Waals surface area contributed by atoms with Crippen LogP contribution >= 0.6 is 0 Å². The average Bonchev–Trinajstić information content (AvgIpc) is 3.39. The summed E-state index contributed by atoms with van der Waals surface area (Å²) in [5.41, 5.74) is 12.9. The van der Waals surface area contributed by atoms with E-state index in [1.807, 2.05) is 0 Å². The zero-order valence-corrected chi connectivity index (χ0v) is 23.0. The highest BCUT2D eigenvalue weighted by atomic mass is 14.2. The van der Waals surface area contributed by atoms with E-state index >= 15 is 0 Å². The highest BCUT2D eigenvalue weighted by molar-refractivity contribution is 6.16. The van der Waals surface area contributed by atoms with E-state index in [1.165, 1.54) is 88.0 Å². The lowest BCUT2D eigenvalue weighted by Crippen LogP contribution is -1.87. The monoisotopic (exact) mass is 530 g/mol. The Labute approximate surface area is 245 Å². The van der Waals surface area contributed by atoms with E-state index in [0.29, 0.717) is 0 Å². The van der Waals surface area contributed by atoms with Gasteiger partial charge in [-0.05, 0) is 106 Å². The lowest BCUT2D eigenvalue weighted by atomic mass is 9.90. The Morgan fingerprint density at radius 3 is 1.57 bits per heavy atom. The molecule has 9 rings (SSSR count). The molecule has 0 saturated carbocycles. The average molecular weight is 531 g/mol. The van der Waals surface area contributed by atoms with Crippen LogP contribution in [0.15, 0.2) is 158 Å². The lowest BCUT2D eigenvalue weighted by molar-refractivity contribution is 1.61. The maximum Gasteiger partial charge on any atom is -0.00259 e. The van der Waals surface area contributed by atoms with Crippen LogP contribution in [0.25, 0.3) is 88.0 Å². The number of hydrogen-bond donors (Lipinski definition) is 0. The van der Waals surface area contributed by atoms with Gasteiger partial charge in [0.15, 0.2) is 0 Å². The van der Waals surface area contributed by atoms with Crippen LogP contribution in [0.2, 0.25) is 0 Å². The van der Waals surface area contributed by atoms with Crippen LogP contribution in [-0.4, -0.2) is 0 Å². The third-order valence-electron chi connectivity index (χ3n) is 9.00. The van der Waals surface area contributed by atoms with Crippen LogP contribution < -0.4 is 0 Å². The Kier molecular flexibility index (Phi) is 5.00. The molecule has 0 N–H and O–H groups in total. The topological polar surface area (TPSA) is 0 Å². The summed E-state index contributed by atoms with van der Waals surface area (Å²) in [7, 11) is 0. The normalized spacial score (nSPS) is 11.8. The molecule has 1 aliphatic rings. The molecular weight excluding hydrogens is 504 g/mol. The molecule has 0 aromatic heterocycles. The Morgan fingerprint density at radius 2 is 0.786 bits per heavy atom. The van der Waals surface area contributed by atoms with Crippen LogP contribution in [0, 0.1) is 0 Å². The van der Waals surface area contributed by atoms with Crippen LogP contribution in [0.1, 0.15) is 0 Å². The first kappa shape index (κ1) is 23.3. The lowest BCUT2D eigenvalue weighted by Gasteiger charge is -2.14. The van der Waals surface area contributed by atoms with Gasteiger partial charge in [-0.3, -0.25) is 0 Å². The largest absolute Gasteiger partial charge is 0.0616 e. The van der Waals surface area contributed by atoms with Crippen molar-refractivity contribution >= 4 is 32.3 Å². The van der Waals surface area contributed by atoms with Crippen LogP contribution in [0.3, 0.4) is 0 Å². The van der Waals surface area contributed by atoms with Gasteiger partial charge in [0, 0.05) is 0 Å². The zero-order chi connectivity index (χ0) is 27.6. The molecule has 0 amide bonds. The van der Waals surface area contributed by atoms with E-state index in [9.17, 15) is 0 Å². The van der Waals surface area contributed by atoms with Gasteiger partial charge in [-0.1, -0.05) is 140 Å². The smallest absolute Gasteiger partial charge is 0.00259 e. The van der Waals surface area contributed by atoms with E-state index in [0.717, 1.165) is 0 Å². The standard InChI is InChI=1S/C42H26/c1-2-9-30-24-31(21-18-27(30)8-1)35-23-22-34(36-11-3-4-12-37(35)36)29-19-16-28(17-20-29)33-25-32-10-7-15-40-38-13-5-6-14-39(38)41(26-33)42(32)40/h1-26H. The third-order valence-corrected chi connectivity index (χ3v) is 9.00. The van der Waals surface area contributed by atoms with Gasteiger partial charge in [0.05, 0.1) is 0 Å². The Bertz CT molecular complexity index is 2340. The molecule has 0 aliphatic heterocycles. The summed E-state index contributed by atoms with van der Waals surface area (Å²) in [6.07, 6.45) is 0. The minimum Gasteiger partial charge on any atom is -0.0616 e. The summed E-state index contributed by atoms with van der Waals surface area (Å²) in [5.74, 6) is 0. The molecule has 1 aliphatic carbocycles. The Balaban J connectivity index is 1.13. The highest BCUT2D eigenvalue weighted by Gasteiger charge is 2.21. The fraction of sp³-hybridized carbons (Fsp3) is 0. The maximum atomic E-state index is 2.38.